The zero-order chi connectivity index (χ0) is 9.10. The number of nitrogens with zero attached hydrogens (tertiary/aromatic N) is 2. The highest BCUT2D eigenvalue weighted by atomic mass is 15.2. The van der Waals surface area contributed by atoms with E-state index in [9.17, 15) is 0 Å². The van der Waals surface area contributed by atoms with Gasteiger partial charge in [0.1, 0.15) is 0 Å². The Bertz CT molecular complexity index is 195. The first-order chi connectivity index (χ1) is 6.40. The molecule has 0 radical (unpaired) electrons. The molecule has 2 saturated heterocycles. The molecule has 0 aromatic rings. The number of hydrogen-bond acceptors (Lipinski definition) is 3. The fraction of sp³-hybridized carbons (Fsp3) is 0.900. The zero-order valence-electron chi connectivity index (χ0n) is 8.00. The molecule has 0 aromatic heterocycles. The van der Waals surface area contributed by atoms with Gasteiger partial charge in [-0.3, -0.25) is 0 Å². The molecule has 72 valence electrons. The standard InChI is InChI=1S/C10H17N3/c11-4-2-6-13-7-9-3-1-5-12-10(9)8-13/h9-10,12H,1-3,5-8H2/t9-,10+/m0/s1. The first-order valence-corrected chi connectivity index (χ1v) is 5.23. The van der Waals surface area contributed by atoms with Crippen LogP contribution in [0.1, 0.15) is 19.3 Å². The Morgan fingerprint density at radius 3 is 3.15 bits per heavy atom. The second-order valence-corrected chi connectivity index (χ2v) is 4.13. The number of piperidine rings is 1. The summed E-state index contributed by atoms with van der Waals surface area (Å²) in [5.41, 5.74) is 0. The van der Waals surface area contributed by atoms with Crippen LogP contribution in [0.25, 0.3) is 0 Å². The molecular formula is C10H17N3. The summed E-state index contributed by atoms with van der Waals surface area (Å²) in [5, 5.41) is 12.1. The normalized spacial score (nSPS) is 34.1. The summed E-state index contributed by atoms with van der Waals surface area (Å²) < 4.78 is 0. The maximum Gasteiger partial charge on any atom is 0.0635 e. The van der Waals surface area contributed by atoms with Crippen LogP contribution in [-0.4, -0.2) is 37.1 Å². The molecule has 0 unspecified atom stereocenters. The maximum atomic E-state index is 8.49. The van der Waals surface area contributed by atoms with Crippen LogP contribution >= 0.6 is 0 Å². The molecule has 2 aliphatic rings. The molecule has 0 spiro atoms. The minimum Gasteiger partial charge on any atom is -0.312 e. The minimum atomic E-state index is 0.680. The molecule has 2 rings (SSSR count). The number of rotatable bonds is 2. The van der Waals surface area contributed by atoms with Gasteiger partial charge >= 0.3 is 0 Å². The first kappa shape index (κ1) is 8.98. The Kier molecular flexibility index (Phi) is 2.82. The number of hydrogen-bond donors (Lipinski definition) is 1. The highest BCUT2D eigenvalue weighted by molar-refractivity contribution is 4.92. The summed E-state index contributed by atoms with van der Waals surface area (Å²) in [6.45, 7) is 4.52. The Morgan fingerprint density at radius 2 is 2.38 bits per heavy atom. The van der Waals surface area contributed by atoms with E-state index in [0.29, 0.717) is 12.5 Å². The van der Waals surface area contributed by atoms with E-state index in [1.54, 1.807) is 0 Å². The van der Waals surface area contributed by atoms with Gasteiger partial charge in [-0.2, -0.15) is 5.26 Å². The average Bonchev–Trinajstić information content (AvgIpc) is 2.57. The molecule has 2 atom stereocenters. The quantitative estimate of drug-likeness (QED) is 0.674. The van der Waals surface area contributed by atoms with Gasteiger partial charge in [0.05, 0.1) is 6.07 Å². The van der Waals surface area contributed by atoms with Crippen LogP contribution in [0.4, 0.5) is 0 Å². The van der Waals surface area contributed by atoms with Gasteiger partial charge in [-0.25, -0.2) is 0 Å². The van der Waals surface area contributed by atoms with E-state index in [0.717, 1.165) is 19.0 Å². The molecule has 13 heavy (non-hydrogen) atoms. The summed E-state index contributed by atoms with van der Waals surface area (Å²) in [4.78, 5) is 2.43. The topological polar surface area (TPSA) is 39.1 Å². The van der Waals surface area contributed by atoms with Crippen molar-refractivity contribution in [3.8, 4) is 6.07 Å². The highest BCUT2D eigenvalue weighted by Gasteiger charge is 2.33. The summed E-state index contributed by atoms with van der Waals surface area (Å²) in [6.07, 6.45) is 3.38. The van der Waals surface area contributed by atoms with E-state index in [2.05, 4.69) is 16.3 Å². The summed E-state index contributed by atoms with van der Waals surface area (Å²) in [7, 11) is 0. The summed E-state index contributed by atoms with van der Waals surface area (Å²) >= 11 is 0. The molecule has 0 aliphatic carbocycles. The van der Waals surface area contributed by atoms with Gasteiger partial charge < -0.3 is 10.2 Å². The molecule has 2 aliphatic heterocycles. The van der Waals surface area contributed by atoms with Crippen molar-refractivity contribution in [1.29, 1.82) is 5.26 Å². The molecule has 2 heterocycles. The molecule has 0 saturated carbocycles. The van der Waals surface area contributed by atoms with Crippen LogP contribution in [0.3, 0.4) is 0 Å². The number of nitriles is 1. The van der Waals surface area contributed by atoms with Crippen LogP contribution < -0.4 is 5.32 Å². The van der Waals surface area contributed by atoms with Crippen LogP contribution in [0.15, 0.2) is 0 Å². The monoisotopic (exact) mass is 179 g/mol. The molecule has 0 amide bonds. The average molecular weight is 179 g/mol. The maximum absolute atomic E-state index is 8.49. The second-order valence-electron chi connectivity index (χ2n) is 4.13. The van der Waals surface area contributed by atoms with Gasteiger partial charge in [0, 0.05) is 32.1 Å². The third-order valence-electron chi connectivity index (χ3n) is 3.21. The fourth-order valence-corrected chi connectivity index (χ4v) is 2.53. The second kappa shape index (κ2) is 4.08. The van der Waals surface area contributed by atoms with Crippen molar-refractivity contribution in [2.45, 2.75) is 25.3 Å². The third kappa shape index (κ3) is 2.01. The van der Waals surface area contributed by atoms with Crippen molar-refractivity contribution in [3.63, 3.8) is 0 Å². The third-order valence-corrected chi connectivity index (χ3v) is 3.21. The molecule has 0 bridgehead atoms. The van der Waals surface area contributed by atoms with Gasteiger partial charge in [0.2, 0.25) is 0 Å². The van der Waals surface area contributed by atoms with E-state index in [1.165, 1.54) is 25.9 Å². The molecule has 3 heteroatoms. The van der Waals surface area contributed by atoms with Crippen molar-refractivity contribution in [1.82, 2.24) is 10.2 Å². The fourth-order valence-electron chi connectivity index (χ4n) is 2.53. The largest absolute Gasteiger partial charge is 0.312 e. The van der Waals surface area contributed by atoms with E-state index in [1.807, 2.05) is 0 Å². The van der Waals surface area contributed by atoms with Crippen molar-refractivity contribution in [2.24, 2.45) is 5.92 Å². The molecule has 3 nitrogen and oxygen atoms in total. The van der Waals surface area contributed by atoms with Crippen LogP contribution in [0.2, 0.25) is 0 Å². The first-order valence-electron chi connectivity index (χ1n) is 5.23. The summed E-state index contributed by atoms with van der Waals surface area (Å²) in [5.74, 6) is 0.854. The van der Waals surface area contributed by atoms with Crippen molar-refractivity contribution in [3.05, 3.63) is 0 Å². The lowest BCUT2D eigenvalue weighted by Gasteiger charge is -2.24. The van der Waals surface area contributed by atoms with Gasteiger partial charge in [-0.05, 0) is 25.3 Å². The Labute approximate surface area is 79.7 Å². The van der Waals surface area contributed by atoms with Gasteiger partial charge in [-0.1, -0.05) is 0 Å². The van der Waals surface area contributed by atoms with Crippen molar-refractivity contribution >= 4 is 0 Å². The van der Waals surface area contributed by atoms with Crippen molar-refractivity contribution in [2.75, 3.05) is 26.2 Å². The Balaban J connectivity index is 1.81. The predicted molar refractivity (Wildman–Crippen MR) is 51.2 cm³/mol. The van der Waals surface area contributed by atoms with Gasteiger partial charge in [-0.15, -0.1) is 0 Å². The lowest BCUT2D eigenvalue weighted by molar-refractivity contribution is 0.325. The number of fused-ring (bicyclic) bond motifs is 1. The minimum absolute atomic E-state index is 0.680. The number of nitrogens with one attached hydrogen (secondary N) is 1. The molecule has 0 aromatic carbocycles. The van der Waals surface area contributed by atoms with Crippen LogP contribution in [0, 0.1) is 17.2 Å². The van der Waals surface area contributed by atoms with E-state index in [-0.39, 0.29) is 0 Å². The molecule has 2 fully saturated rings. The smallest absolute Gasteiger partial charge is 0.0635 e. The van der Waals surface area contributed by atoms with Crippen LogP contribution in [-0.2, 0) is 0 Å². The van der Waals surface area contributed by atoms with Gasteiger partial charge in [0.15, 0.2) is 0 Å². The molecular weight excluding hydrogens is 162 g/mol. The highest BCUT2D eigenvalue weighted by Crippen LogP contribution is 2.24. The lowest BCUT2D eigenvalue weighted by atomic mass is 9.94. The zero-order valence-corrected chi connectivity index (χ0v) is 8.00. The van der Waals surface area contributed by atoms with E-state index in [4.69, 9.17) is 5.26 Å². The predicted octanol–water partition coefficient (Wildman–Crippen LogP) is 0.584. The lowest BCUT2D eigenvalue weighted by Crippen LogP contribution is -2.40. The SMILES string of the molecule is N#CCCN1C[C@@H]2CCCN[C@@H]2C1. The van der Waals surface area contributed by atoms with Crippen molar-refractivity contribution < 1.29 is 0 Å². The molecule has 1 N–H and O–H groups in total. The Hall–Kier alpha value is -0.590. The Morgan fingerprint density at radius 1 is 1.46 bits per heavy atom. The van der Waals surface area contributed by atoms with E-state index < -0.39 is 0 Å². The van der Waals surface area contributed by atoms with Crippen LogP contribution in [0.5, 0.6) is 0 Å². The van der Waals surface area contributed by atoms with Gasteiger partial charge in [0.25, 0.3) is 0 Å². The van der Waals surface area contributed by atoms with E-state index >= 15 is 0 Å². The summed E-state index contributed by atoms with van der Waals surface area (Å²) in [6, 6.07) is 2.93. The number of likely N-dealkylation sites (tertiary alicyclic amines) is 1.